The van der Waals surface area contributed by atoms with Crippen molar-refractivity contribution in [2.75, 3.05) is 5.75 Å². The fourth-order valence-corrected chi connectivity index (χ4v) is 4.34. The van der Waals surface area contributed by atoms with Crippen LogP contribution < -0.4 is 0 Å². The second-order valence-corrected chi connectivity index (χ2v) is 7.78. The van der Waals surface area contributed by atoms with Gasteiger partial charge in [0.2, 0.25) is 0 Å². The highest BCUT2D eigenvalue weighted by molar-refractivity contribution is 7.99. The zero-order valence-corrected chi connectivity index (χ0v) is 15.9. The van der Waals surface area contributed by atoms with Crippen molar-refractivity contribution in [3.8, 4) is 6.07 Å². The Hall–Kier alpha value is -2.23. The minimum absolute atomic E-state index is 0.133. The van der Waals surface area contributed by atoms with E-state index in [9.17, 15) is 10.1 Å². The average molecular weight is 367 g/mol. The number of carbonyl (C=O) groups excluding carboxylic acids is 1. The lowest BCUT2D eigenvalue weighted by molar-refractivity contribution is -0.116. The van der Waals surface area contributed by atoms with E-state index in [0.29, 0.717) is 5.01 Å². The molecular weight excluding hydrogens is 350 g/mol. The lowest BCUT2D eigenvalue weighted by atomic mass is 10.1. The molecule has 2 aromatic heterocycles. The highest BCUT2D eigenvalue weighted by Gasteiger charge is 2.23. The molecule has 0 unspecified atom stereocenters. The van der Waals surface area contributed by atoms with Crippen LogP contribution >= 0.6 is 23.1 Å². The van der Waals surface area contributed by atoms with Gasteiger partial charge in [0.15, 0.2) is 11.7 Å². The molecule has 25 heavy (non-hydrogen) atoms. The van der Waals surface area contributed by atoms with Gasteiger partial charge in [-0.3, -0.25) is 4.79 Å². The van der Waals surface area contributed by atoms with Gasteiger partial charge in [0.1, 0.15) is 5.01 Å². The Balaban J connectivity index is 1.79. The number of nitriles is 1. The van der Waals surface area contributed by atoms with Crippen LogP contribution in [0, 0.1) is 32.1 Å². The molecule has 6 heteroatoms. The molecule has 0 saturated carbocycles. The number of thioether (sulfide) groups is 1. The third-order valence-electron chi connectivity index (χ3n) is 3.92. The summed E-state index contributed by atoms with van der Waals surface area (Å²) in [6.45, 7) is 5.94. The summed E-state index contributed by atoms with van der Waals surface area (Å²) >= 11 is 2.74. The van der Waals surface area contributed by atoms with Crippen molar-refractivity contribution in [1.29, 1.82) is 5.26 Å². The van der Waals surface area contributed by atoms with E-state index >= 15 is 0 Å². The molecule has 0 fully saturated rings. The number of hydrogen-bond donors (Lipinski definition) is 0. The zero-order chi connectivity index (χ0) is 18.0. The molecule has 3 aromatic rings. The molecule has 4 nitrogen and oxygen atoms in total. The SMILES string of the molecule is Cc1csc([C@H](C#N)C(=O)CSc2cc(C)c3cccc(C)c3n2)n1. The lowest BCUT2D eigenvalue weighted by Gasteiger charge is -2.09. The number of carbonyl (C=O) groups is 1. The van der Waals surface area contributed by atoms with Gasteiger partial charge in [-0.25, -0.2) is 9.97 Å². The number of benzene rings is 1. The Bertz CT molecular complexity index is 988. The number of aryl methyl sites for hydroxylation is 3. The number of aromatic nitrogens is 2. The number of rotatable bonds is 5. The normalized spacial score (nSPS) is 12.1. The van der Waals surface area contributed by atoms with Crippen LogP contribution in [0.2, 0.25) is 0 Å². The summed E-state index contributed by atoms with van der Waals surface area (Å²) in [7, 11) is 0. The van der Waals surface area contributed by atoms with Crippen molar-refractivity contribution in [3.05, 3.63) is 51.5 Å². The monoisotopic (exact) mass is 367 g/mol. The van der Waals surface area contributed by atoms with Gasteiger partial charge in [0, 0.05) is 16.5 Å². The third kappa shape index (κ3) is 3.73. The van der Waals surface area contributed by atoms with Gasteiger partial charge in [0.05, 0.1) is 22.4 Å². The molecule has 1 aromatic carbocycles. The molecule has 0 spiro atoms. The first kappa shape index (κ1) is 17.6. The maximum atomic E-state index is 12.5. The number of Topliss-reactive ketones (excluding diaryl/α,β-unsaturated/α-hetero) is 1. The maximum Gasteiger partial charge on any atom is 0.167 e. The van der Waals surface area contributed by atoms with Gasteiger partial charge in [-0.2, -0.15) is 5.26 Å². The fourth-order valence-electron chi connectivity index (χ4n) is 2.60. The van der Waals surface area contributed by atoms with Crippen LogP contribution in [-0.2, 0) is 4.79 Å². The quantitative estimate of drug-likeness (QED) is 0.617. The van der Waals surface area contributed by atoms with Gasteiger partial charge in [0.25, 0.3) is 0 Å². The first-order chi connectivity index (χ1) is 12.0. The molecule has 3 rings (SSSR count). The van der Waals surface area contributed by atoms with Crippen molar-refractivity contribution in [1.82, 2.24) is 9.97 Å². The van der Waals surface area contributed by atoms with Crippen LogP contribution in [-0.4, -0.2) is 21.5 Å². The average Bonchev–Trinajstić information content (AvgIpc) is 3.01. The van der Waals surface area contributed by atoms with E-state index in [1.54, 1.807) is 0 Å². The van der Waals surface area contributed by atoms with E-state index < -0.39 is 5.92 Å². The first-order valence-corrected chi connectivity index (χ1v) is 9.70. The minimum atomic E-state index is -0.797. The Kier molecular flexibility index (Phi) is 5.16. The molecule has 0 bridgehead atoms. The second-order valence-electron chi connectivity index (χ2n) is 5.89. The molecule has 0 aliphatic rings. The standard InChI is InChI=1S/C19H17N3OS2/c1-11-5-4-6-14-12(2)7-17(22-18(11)14)24-10-16(23)15(8-20)19-21-13(3)9-25-19/h4-7,9,15H,10H2,1-3H3/t15-/m1/s1. The first-order valence-electron chi connectivity index (χ1n) is 7.83. The van der Waals surface area contributed by atoms with Crippen molar-refractivity contribution in [2.24, 2.45) is 0 Å². The van der Waals surface area contributed by atoms with Gasteiger partial charge >= 0.3 is 0 Å². The number of fused-ring (bicyclic) bond motifs is 1. The zero-order valence-electron chi connectivity index (χ0n) is 14.2. The summed E-state index contributed by atoms with van der Waals surface area (Å²) in [5.74, 6) is -0.721. The van der Waals surface area contributed by atoms with Crippen molar-refractivity contribution in [3.63, 3.8) is 0 Å². The molecule has 1 atom stereocenters. The number of thiazole rings is 1. The molecule has 0 amide bonds. The van der Waals surface area contributed by atoms with Crippen LogP contribution in [0.5, 0.6) is 0 Å². The van der Waals surface area contributed by atoms with Crippen molar-refractivity contribution < 1.29 is 4.79 Å². The third-order valence-corrected chi connectivity index (χ3v) is 5.88. The van der Waals surface area contributed by atoms with Crippen LogP contribution in [0.4, 0.5) is 0 Å². The molecule has 0 aliphatic carbocycles. The Morgan fingerprint density at radius 3 is 2.76 bits per heavy atom. The number of para-hydroxylation sites is 1. The highest BCUT2D eigenvalue weighted by Crippen LogP contribution is 2.28. The second kappa shape index (κ2) is 7.34. The van der Waals surface area contributed by atoms with Gasteiger partial charge in [-0.1, -0.05) is 30.0 Å². The smallest absolute Gasteiger partial charge is 0.167 e. The van der Waals surface area contributed by atoms with E-state index in [0.717, 1.165) is 32.7 Å². The van der Waals surface area contributed by atoms with Crippen molar-refractivity contribution >= 4 is 39.8 Å². The predicted octanol–water partition coefficient (Wildman–Crippen LogP) is 4.59. The molecule has 0 N–H and O–H groups in total. The summed E-state index contributed by atoms with van der Waals surface area (Å²) in [5, 5.41) is 13.7. The molecule has 0 saturated heterocycles. The summed E-state index contributed by atoms with van der Waals surface area (Å²) in [6, 6.07) is 10.2. The van der Waals surface area contributed by atoms with E-state index in [1.165, 1.54) is 23.1 Å². The molecular formula is C19H17N3OS2. The van der Waals surface area contributed by atoms with Gasteiger partial charge in [-0.15, -0.1) is 11.3 Å². The van der Waals surface area contributed by atoms with Crippen LogP contribution in [0.3, 0.4) is 0 Å². The summed E-state index contributed by atoms with van der Waals surface area (Å²) in [4.78, 5) is 21.4. The topological polar surface area (TPSA) is 66.6 Å². The van der Waals surface area contributed by atoms with Crippen LogP contribution in [0.1, 0.15) is 27.7 Å². The summed E-state index contributed by atoms with van der Waals surface area (Å²) in [5.41, 5.74) is 4.05. The van der Waals surface area contributed by atoms with Crippen LogP contribution in [0.15, 0.2) is 34.7 Å². The predicted molar refractivity (Wildman–Crippen MR) is 102 cm³/mol. The fraction of sp³-hybridized carbons (Fsp3) is 0.263. The molecule has 2 heterocycles. The number of hydrogen-bond acceptors (Lipinski definition) is 6. The van der Waals surface area contributed by atoms with E-state index in [-0.39, 0.29) is 11.5 Å². The molecule has 0 radical (unpaired) electrons. The number of pyridine rings is 1. The van der Waals surface area contributed by atoms with Gasteiger partial charge < -0.3 is 0 Å². The van der Waals surface area contributed by atoms with Crippen molar-refractivity contribution in [2.45, 2.75) is 31.7 Å². The highest BCUT2D eigenvalue weighted by atomic mass is 32.2. The molecule has 126 valence electrons. The Labute approximate surface area is 154 Å². The Morgan fingerprint density at radius 1 is 1.28 bits per heavy atom. The Morgan fingerprint density at radius 2 is 2.08 bits per heavy atom. The number of nitrogens with zero attached hydrogens (tertiary/aromatic N) is 3. The summed E-state index contributed by atoms with van der Waals surface area (Å²) in [6.07, 6.45) is 0. The molecule has 0 aliphatic heterocycles. The lowest BCUT2D eigenvalue weighted by Crippen LogP contribution is -2.13. The largest absolute Gasteiger partial charge is 0.297 e. The van der Waals surface area contributed by atoms with Crippen LogP contribution in [0.25, 0.3) is 10.9 Å². The van der Waals surface area contributed by atoms with E-state index in [2.05, 4.69) is 22.1 Å². The maximum absolute atomic E-state index is 12.5. The summed E-state index contributed by atoms with van der Waals surface area (Å²) < 4.78 is 0. The number of ketones is 1. The minimum Gasteiger partial charge on any atom is -0.297 e. The van der Waals surface area contributed by atoms with Gasteiger partial charge in [-0.05, 0) is 38.0 Å². The van der Waals surface area contributed by atoms with E-state index in [4.69, 9.17) is 0 Å². The van der Waals surface area contributed by atoms with E-state index in [1.807, 2.05) is 44.4 Å².